The van der Waals surface area contributed by atoms with Gasteiger partial charge in [-0.1, -0.05) is 59.1 Å². The van der Waals surface area contributed by atoms with E-state index >= 15 is 0 Å². The van der Waals surface area contributed by atoms with Crippen molar-refractivity contribution < 1.29 is 9.47 Å². The molecule has 0 aliphatic heterocycles. The molecule has 28 heavy (non-hydrogen) atoms. The first-order valence-electron chi connectivity index (χ1n) is 8.36. The lowest BCUT2D eigenvalue weighted by Gasteiger charge is -2.14. The van der Waals surface area contributed by atoms with Crippen molar-refractivity contribution in [3.63, 3.8) is 0 Å². The molecule has 1 N–H and O–H groups in total. The maximum absolute atomic E-state index is 6.21. The Morgan fingerprint density at radius 1 is 0.929 bits per heavy atom. The second-order valence-electron chi connectivity index (χ2n) is 5.76. The highest BCUT2D eigenvalue weighted by molar-refractivity contribution is 6.42. The predicted molar refractivity (Wildman–Crippen MR) is 116 cm³/mol. The second-order valence-corrected chi connectivity index (χ2v) is 6.98. The van der Waals surface area contributed by atoms with E-state index in [1.807, 2.05) is 42.5 Å². The average Bonchev–Trinajstić information content (AvgIpc) is 2.70. The van der Waals surface area contributed by atoms with Crippen LogP contribution in [0.2, 0.25) is 15.1 Å². The quantitative estimate of drug-likeness (QED) is 0.332. The van der Waals surface area contributed by atoms with Gasteiger partial charge in [0, 0.05) is 16.1 Å². The lowest BCUT2D eigenvalue weighted by Crippen LogP contribution is -2.02. The van der Waals surface area contributed by atoms with Gasteiger partial charge in [0.2, 0.25) is 0 Å². The van der Waals surface area contributed by atoms with Crippen LogP contribution in [-0.4, -0.2) is 13.3 Å². The molecule has 0 radical (unpaired) electrons. The molecule has 144 valence electrons. The molecule has 3 rings (SSSR count). The summed E-state index contributed by atoms with van der Waals surface area (Å²) >= 11 is 18.2. The molecule has 0 aromatic heterocycles. The molecule has 3 aromatic carbocycles. The van der Waals surface area contributed by atoms with Crippen LogP contribution in [0.25, 0.3) is 0 Å². The molecule has 0 saturated heterocycles. The normalized spacial score (nSPS) is 10.9. The summed E-state index contributed by atoms with van der Waals surface area (Å²) in [5, 5.41) is 5.84. The number of para-hydroxylation sites is 1. The number of hydrogen-bond acceptors (Lipinski definition) is 4. The molecule has 0 aliphatic rings. The average molecular weight is 436 g/mol. The topological polar surface area (TPSA) is 42.8 Å². The SMILES string of the molecule is COc1cccc(C=NNc2ccc(Cl)c(Cl)c2)c1OCc1ccccc1Cl. The molecule has 0 amide bonds. The van der Waals surface area contributed by atoms with Crippen LogP contribution in [0, 0.1) is 0 Å². The third-order valence-corrected chi connectivity index (χ3v) is 4.98. The minimum Gasteiger partial charge on any atom is -0.493 e. The van der Waals surface area contributed by atoms with Gasteiger partial charge in [-0.15, -0.1) is 0 Å². The third-order valence-electron chi connectivity index (χ3n) is 3.88. The molecule has 0 bridgehead atoms. The number of ether oxygens (including phenoxy) is 2. The van der Waals surface area contributed by atoms with Crippen molar-refractivity contribution in [3.05, 3.63) is 86.9 Å². The van der Waals surface area contributed by atoms with E-state index < -0.39 is 0 Å². The van der Waals surface area contributed by atoms with Gasteiger partial charge in [0.15, 0.2) is 11.5 Å². The van der Waals surface area contributed by atoms with Crippen molar-refractivity contribution >= 4 is 46.7 Å². The van der Waals surface area contributed by atoms with Crippen LogP contribution in [0.5, 0.6) is 11.5 Å². The summed E-state index contributed by atoms with van der Waals surface area (Å²) in [6, 6.07) is 18.3. The van der Waals surface area contributed by atoms with Crippen LogP contribution in [-0.2, 0) is 6.61 Å². The molecule has 0 unspecified atom stereocenters. The Morgan fingerprint density at radius 2 is 1.75 bits per heavy atom. The highest BCUT2D eigenvalue weighted by Crippen LogP contribution is 2.31. The van der Waals surface area contributed by atoms with E-state index in [1.165, 1.54) is 0 Å². The number of methoxy groups -OCH3 is 1. The molecule has 0 aliphatic carbocycles. The number of nitrogens with zero attached hydrogens (tertiary/aromatic N) is 1. The lowest BCUT2D eigenvalue weighted by atomic mass is 10.2. The molecule has 4 nitrogen and oxygen atoms in total. The second kappa shape index (κ2) is 9.69. The predicted octanol–water partition coefficient (Wildman–Crippen LogP) is 6.68. The van der Waals surface area contributed by atoms with Crippen molar-refractivity contribution in [2.45, 2.75) is 6.61 Å². The summed E-state index contributed by atoms with van der Waals surface area (Å²) < 4.78 is 11.4. The third kappa shape index (κ3) is 5.10. The monoisotopic (exact) mass is 434 g/mol. The minimum absolute atomic E-state index is 0.307. The van der Waals surface area contributed by atoms with E-state index in [0.717, 1.165) is 11.1 Å². The molecular formula is C21H17Cl3N2O2. The molecule has 0 fully saturated rings. The van der Waals surface area contributed by atoms with E-state index in [0.29, 0.717) is 38.9 Å². The van der Waals surface area contributed by atoms with E-state index in [9.17, 15) is 0 Å². The number of anilines is 1. The smallest absolute Gasteiger partial charge is 0.170 e. The van der Waals surface area contributed by atoms with Gasteiger partial charge < -0.3 is 9.47 Å². The van der Waals surface area contributed by atoms with E-state index in [-0.39, 0.29) is 0 Å². The van der Waals surface area contributed by atoms with Crippen molar-refractivity contribution in [2.24, 2.45) is 5.10 Å². The van der Waals surface area contributed by atoms with Crippen molar-refractivity contribution in [1.82, 2.24) is 0 Å². The van der Waals surface area contributed by atoms with Gasteiger partial charge in [0.25, 0.3) is 0 Å². The first-order valence-corrected chi connectivity index (χ1v) is 9.49. The number of nitrogens with one attached hydrogen (secondary N) is 1. The Labute approximate surface area is 178 Å². The van der Waals surface area contributed by atoms with Crippen molar-refractivity contribution in [2.75, 3.05) is 12.5 Å². The van der Waals surface area contributed by atoms with Gasteiger partial charge in [-0.05, 0) is 36.4 Å². The van der Waals surface area contributed by atoms with Crippen LogP contribution in [0.3, 0.4) is 0 Å². The molecule has 3 aromatic rings. The van der Waals surface area contributed by atoms with E-state index in [4.69, 9.17) is 44.3 Å². The summed E-state index contributed by atoms with van der Waals surface area (Å²) in [6.07, 6.45) is 1.65. The van der Waals surface area contributed by atoms with Gasteiger partial charge in [0.1, 0.15) is 6.61 Å². The van der Waals surface area contributed by atoms with Gasteiger partial charge in [-0.25, -0.2) is 0 Å². The van der Waals surface area contributed by atoms with Crippen molar-refractivity contribution in [1.29, 1.82) is 0 Å². The number of halogens is 3. The van der Waals surface area contributed by atoms with Crippen LogP contribution in [0.15, 0.2) is 65.8 Å². The van der Waals surface area contributed by atoms with E-state index in [2.05, 4.69) is 10.5 Å². The molecule has 0 heterocycles. The Balaban J connectivity index is 1.78. The molecular weight excluding hydrogens is 419 g/mol. The molecule has 7 heteroatoms. The number of rotatable bonds is 7. The summed E-state index contributed by atoms with van der Waals surface area (Å²) in [5.41, 5.74) is 5.26. The van der Waals surface area contributed by atoms with Gasteiger partial charge >= 0.3 is 0 Å². The maximum atomic E-state index is 6.21. The first-order chi connectivity index (χ1) is 13.6. The minimum atomic E-state index is 0.307. The highest BCUT2D eigenvalue weighted by atomic mass is 35.5. The Morgan fingerprint density at radius 3 is 2.50 bits per heavy atom. The molecule has 0 atom stereocenters. The van der Waals surface area contributed by atoms with Gasteiger partial charge in [-0.3, -0.25) is 5.43 Å². The van der Waals surface area contributed by atoms with Crippen LogP contribution in [0.1, 0.15) is 11.1 Å². The zero-order valence-corrected chi connectivity index (χ0v) is 17.2. The zero-order chi connectivity index (χ0) is 19.9. The Bertz CT molecular complexity index is 993. The number of hydrazone groups is 1. The van der Waals surface area contributed by atoms with Crippen LogP contribution in [0.4, 0.5) is 5.69 Å². The van der Waals surface area contributed by atoms with Gasteiger partial charge in [0.05, 0.1) is 29.1 Å². The Hall–Kier alpha value is -2.40. The number of benzene rings is 3. The van der Waals surface area contributed by atoms with Crippen molar-refractivity contribution in [3.8, 4) is 11.5 Å². The molecule has 0 saturated carbocycles. The lowest BCUT2D eigenvalue weighted by molar-refractivity contribution is 0.284. The fourth-order valence-corrected chi connectivity index (χ4v) is 2.95. The van der Waals surface area contributed by atoms with Crippen LogP contribution >= 0.6 is 34.8 Å². The largest absolute Gasteiger partial charge is 0.493 e. The van der Waals surface area contributed by atoms with E-state index in [1.54, 1.807) is 31.5 Å². The first kappa shape index (κ1) is 20.3. The Kier molecular flexibility index (Phi) is 7.04. The summed E-state index contributed by atoms with van der Waals surface area (Å²) in [6.45, 7) is 0.307. The number of hydrogen-bond donors (Lipinski definition) is 1. The highest BCUT2D eigenvalue weighted by Gasteiger charge is 2.10. The van der Waals surface area contributed by atoms with Crippen LogP contribution < -0.4 is 14.9 Å². The standard InChI is InChI=1S/C21H17Cl3N2O2/c1-27-20-8-4-6-14(12-25-26-16-9-10-18(23)19(24)11-16)21(20)28-13-15-5-2-3-7-17(15)22/h2-12,26H,13H2,1H3. The fourth-order valence-electron chi connectivity index (χ4n) is 2.46. The summed E-state index contributed by atoms with van der Waals surface area (Å²) in [4.78, 5) is 0. The molecule has 0 spiro atoms. The maximum Gasteiger partial charge on any atom is 0.170 e. The zero-order valence-electron chi connectivity index (χ0n) is 15.0. The summed E-state index contributed by atoms with van der Waals surface area (Å²) in [7, 11) is 1.59. The summed E-state index contributed by atoms with van der Waals surface area (Å²) in [5.74, 6) is 1.18. The fraction of sp³-hybridized carbons (Fsp3) is 0.0952. The van der Waals surface area contributed by atoms with Gasteiger partial charge in [-0.2, -0.15) is 5.10 Å².